The van der Waals surface area contributed by atoms with Gasteiger partial charge in [0.05, 0.1) is 6.10 Å². The molecule has 0 fully saturated rings. The van der Waals surface area contributed by atoms with Gasteiger partial charge in [0.25, 0.3) is 0 Å². The standard InChI is InChI=1S/C19H17ClO/c1-13-10-17(20)8-9-18(13)19(21)12-14-6-7-15-4-2-3-5-16(15)11-14/h2-11,19,21H,12H2,1H3. The normalized spacial score (nSPS) is 12.5. The van der Waals surface area contributed by atoms with Gasteiger partial charge in [0.15, 0.2) is 0 Å². The van der Waals surface area contributed by atoms with Crippen LogP contribution in [0.25, 0.3) is 10.8 Å². The SMILES string of the molecule is Cc1cc(Cl)ccc1C(O)Cc1ccc2ccccc2c1. The summed E-state index contributed by atoms with van der Waals surface area (Å²) in [5.41, 5.74) is 3.10. The second-order valence-corrected chi connectivity index (χ2v) is 5.84. The van der Waals surface area contributed by atoms with E-state index in [1.807, 2.05) is 37.3 Å². The number of rotatable bonds is 3. The van der Waals surface area contributed by atoms with Crippen LogP contribution in [0.15, 0.2) is 60.7 Å². The van der Waals surface area contributed by atoms with Gasteiger partial charge in [-0.1, -0.05) is 60.1 Å². The minimum absolute atomic E-state index is 0.511. The summed E-state index contributed by atoms with van der Waals surface area (Å²) in [6.45, 7) is 1.98. The van der Waals surface area contributed by atoms with Gasteiger partial charge in [0.2, 0.25) is 0 Å². The summed E-state index contributed by atoms with van der Waals surface area (Å²) in [5.74, 6) is 0. The zero-order chi connectivity index (χ0) is 14.8. The molecule has 0 saturated heterocycles. The van der Waals surface area contributed by atoms with Crippen LogP contribution in [-0.4, -0.2) is 5.11 Å². The molecule has 0 aliphatic rings. The summed E-state index contributed by atoms with van der Waals surface area (Å²) in [6.07, 6.45) is 0.0938. The third kappa shape index (κ3) is 3.10. The van der Waals surface area contributed by atoms with Gasteiger partial charge in [-0.25, -0.2) is 0 Å². The van der Waals surface area contributed by atoms with E-state index >= 15 is 0 Å². The molecule has 0 aliphatic heterocycles. The van der Waals surface area contributed by atoms with Crippen molar-refractivity contribution >= 4 is 22.4 Å². The van der Waals surface area contributed by atoms with E-state index in [0.717, 1.165) is 16.7 Å². The van der Waals surface area contributed by atoms with Gasteiger partial charge >= 0.3 is 0 Å². The van der Waals surface area contributed by atoms with E-state index in [2.05, 4.69) is 30.3 Å². The quantitative estimate of drug-likeness (QED) is 0.715. The number of aliphatic hydroxyl groups is 1. The zero-order valence-corrected chi connectivity index (χ0v) is 12.6. The Morgan fingerprint density at radius 3 is 2.48 bits per heavy atom. The van der Waals surface area contributed by atoms with Gasteiger partial charge in [0, 0.05) is 11.4 Å². The van der Waals surface area contributed by atoms with E-state index in [-0.39, 0.29) is 0 Å². The Hall–Kier alpha value is -1.83. The number of hydrogen-bond acceptors (Lipinski definition) is 1. The van der Waals surface area contributed by atoms with Crippen molar-refractivity contribution in [2.24, 2.45) is 0 Å². The smallest absolute Gasteiger partial charge is 0.0832 e. The first-order chi connectivity index (χ1) is 10.1. The lowest BCUT2D eigenvalue weighted by Crippen LogP contribution is -2.03. The Morgan fingerprint density at radius 1 is 0.952 bits per heavy atom. The molecule has 1 nitrogen and oxygen atoms in total. The third-order valence-corrected chi connectivity index (χ3v) is 4.07. The number of hydrogen-bond donors (Lipinski definition) is 1. The van der Waals surface area contributed by atoms with E-state index in [9.17, 15) is 5.11 Å². The lowest BCUT2D eigenvalue weighted by molar-refractivity contribution is 0.178. The van der Waals surface area contributed by atoms with Gasteiger partial charge in [-0.05, 0) is 46.5 Å². The summed E-state index contributed by atoms with van der Waals surface area (Å²) in [6, 6.07) is 20.2. The minimum Gasteiger partial charge on any atom is -0.388 e. The van der Waals surface area contributed by atoms with Crippen molar-refractivity contribution in [3.8, 4) is 0 Å². The predicted molar refractivity (Wildman–Crippen MR) is 88.8 cm³/mol. The van der Waals surface area contributed by atoms with E-state index in [1.54, 1.807) is 0 Å². The number of benzene rings is 3. The first kappa shape index (κ1) is 14.1. The minimum atomic E-state index is -0.511. The van der Waals surface area contributed by atoms with Gasteiger partial charge < -0.3 is 5.11 Å². The zero-order valence-electron chi connectivity index (χ0n) is 11.9. The van der Waals surface area contributed by atoms with Gasteiger partial charge in [0.1, 0.15) is 0 Å². The molecule has 3 aromatic carbocycles. The molecule has 0 heterocycles. The first-order valence-corrected chi connectivity index (χ1v) is 7.43. The lowest BCUT2D eigenvalue weighted by Gasteiger charge is -2.14. The Balaban J connectivity index is 1.87. The van der Waals surface area contributed by atoms with E-state index in [4.69, 9.17) is 11.6 Å². The molecule has 0 amide bonds. The van der Waals surface area contributed by atoms with Crippen LogP contribution in [0.3, 0.4) is 0 Å². The molecule has 1 N–H and O–H groups in total. The van der Waals surface area contributed by atoms with Crippen LogP contribution in [0.4, 0.5) is 0 Å². The maximum Gasteiger partial charge on any atom is 0.0832 e. The van der Waals surface area contributed by atoms with Gasteiger partial charge in [-0.3, -0.25) is 0 Å². The average Bonchev–Trinajstić information content (AvgIpc) is 2.47. The fourth-order valence-electron chi connectivity index (χ4n) is 2.71. The van der Waals surface area contributed by atoms with Crippen molar-refractivity contribution in [3.63, 3.8) is 0 Å². The summed E-state index contributed by atoms with van der Waals surface area (Å²) in [5, 5.41) is 13.6. The van der Waals surface area contributed by atoms with Gasteiger partial charge in [-0.2, -0.15) is 0 Å². The predicted octanol–water partition coefficient (Wildman–Crippen LogP) is 5.08. The van der Waals surface area contributed by atoms with E-state index in [1.165, 1.54) is 10.8 Å². The highest BCUT2D eigenvalue weighted by atomic mass is 35.5. The molecule has 3 rings (SSSR count). The van der Waals surface area contributed by atoms with Crippen molar-refractivity contribution in [1.82, 2.24) is 0 Å². The molecule has 0 aliphatic carbocycles. The molecule has 106 valence electrons. The molecule has 1 unspecified atom stereocenters. The third-order valence-electron chi connectivity index (χ3n) is 3.83. The first-order valence-electron chi connectivity index (χ1n) is 7.05. The Bertz CT molecular complexity index is 779. The van der Waals surface area contributed by atoms with Crippen LogP contribution in [-0.2, 0) is 6.42 Å². The molecule has 3 aromatic rings. The number of aryl methyl sites for hydroxylation is 1. The molecular formula is C19H17ClO. The average molecular weight is 297 g/mol. The molecule has 0 bridgehead atoms. The van der Waals surface area contributed by atoms with Gasteiger partial charge in [-0.15, -0.1) is 0 Å². The molecule has 2 heteroatoms. The molecule has 0 saturated carbocycles. The number of halogens is 1. The highest BCUT2D eigenvalue weighted by molar-refractivity contribution is 6.30. The summed E-state index contributed by atoms with van der Waals surface area (Å²) in [7, 11) is 0. The van der Waals surface area contributed by atoms with Crippen molar-refractivity contribution in [2.45, 2.75) is 19.4 Å². The number of aliphatic hydroxyl groups excluding tert-OH is 1. The van der Waals surface area contributed by atoms with Crippen LogP contribution >= 0.6 is 11.6 Å². The number of fused-ring (bicyclic) bond motifs is 1. The second kappa shape index (κ2) is 5.88. The molecule has 1 atom stereocenters. The fourth-order valence-corrected chi connectivity index (χ4v) is 2.94. The summed E-state index contributed by atoms with van der Waals surface area (Å²) < 4.78 is 0. The Kier molecular flexibility index (Phi) is 3.96. The van der Waals surface area contributed by atoms with E-state index < -0.39 is 6.10 Å². The molecule has 0 spiro atoms. The van der Waals surface area contributed by atoms with Crippen molar-refractivity contribution in [1.29, 1.82) is 0 Å². The lowest BCUT2D eigenvalue weighted by atomic mass is 9.96. The monoisotopic (exact) mass is 296 g/mol. The van der Waals surface area contributed by atoms with Crippen LogP contribution in [0, 0.1) is 6.92 Å². The molecular weight excluding hydrogens is 280 g/mol. The van der Waals surface area contributed by atoms with Crippen molar-refractivity contribution in [2.75, 3.05) is 0 Å². The van der Waals surface area contributed by atoms with Crippen molar-refractivity contribution in [3.05, 3.63) is 82.4 Å². The Labute approximate surface area is 129 Å². The summed E-state index contributed by atoms with van der Waals surface area (Å²) in [4.78, 5) is 0. The fraction of sp³-hybridized carbons (Fsp3) is 0.158. The van der Waals surface area contributed by atoms with Crippen LogP contribution in [0.5, 0.6) is 0 Å². The maximum absolute atomic E-state index is 10.5. The highest BCUT2D eigenvalue weighted by Crippen LogP contribution is 2.25. The second-order valence-electron chi connectivity index (χ2n) is 5.40. The molecule has 0 aromatic heterocycles. The van der Waals surface area contributed by atoms with E-state index in [0.29, 0.717) is 11.4 Å². The topological polar surface area (TPSA) is 20.2 Å². The Morgan fingerprint density at radius 2 is 1.71 bits per heavy atom. The van der Waals surface area contributed by atoms with Crippen LogP contribution in [0.1, 0.15) is 22.8 Å². The van der Waals surface area contributed by atoms with Crippen LogP contribution in [0.2, 0.25) is 5.02 Å². The molecule has 0 radical (unpaired) electrons. The van der Waals surface area contributed by atoms with Crippen molar-refractivity contribution < 1.29 is 5.11 Å². The molecule has 21 heavy (non-hydrogen) atoms. The maximum atomic E-state index is 10.5. The largest absolute Gasteiger partial charge is 0.388 e. The summed E-state index contributed by atoms with van der Waals surface area (Å²) >= 11 is 5.97. The van der Waals surface area contributed by atoms with Crippen LogP contribution < -0.4 is 0 Å². The highest BCUT2D eigenvalue weighted by Gasteiger charge is 2.11.